The quantitative estimate of drug-likeness (QED) is 0.763. The molecule has 0 aromatic carbocycles. The van der Waals surface area contributed by atoms with Crippen LogP contribution >= 0.6 is 0 Å². The molecule has 1 aliphatic heterocycles. The number of nitrogens with zero attached hydrogens (tertiary/aromatic N) is 2. The number of hydrogen-bond acceptors (Lipinski definition) is 4. The van der Waals surface area contributed by atoms with Gasteiger partial charge < -0.3 is 14.7 Å². The Morgan fingerprint density at radius 1 is 1.53 bits per heavy atom. The summed E-state index contributed by atoms with van der Waals surface area (Å²) in [6.07, 6.45) is 1.29. The zero-order chi connectivity index (χ0) is 12.8. The van der Waals surface area contributed by atoms with E-state index in [4.69, 9.17) is 9.84 Å². The molecule has 0 aliphatic carbocycles. The average Bonchev–Trinajstić information content (AvgIpc) is 2.37. The number of rotatable bonds is 5. The molecule has 0 saturated carbocycles. The summed E-state index contributed by atoms with van der Waals surface area (Å²) in [5, 5.41) is 9.00. The molecule has 1 saturated heterocycles. The van der Waals surface area contributed by atoms with Crippen molar-refractivity contribution in [1.29, 1.82) is 0 Å². The van der Waals surface area contributed by atoms with Gasteiger partial charge in [-0.25, -0.2) is 0 Å². The average molecular weight is 244 g/mol. The van der Waals surface area contributed by atoms with E-state index in [0.717, 1.165) is 26.1 Å². The van der Waals surface area contributed by atoms with Crippen LogP contribution in [0.3, 0.4) is 0 Å². The highest BCUT2D eigenvalue weighted by Crippen LogP contribution is 2.17. The molecular formula is C12H24N2O3. The molecule has 1 aliphatic rings. The molecule has 0 spiro atoms. The smallest absolute Gasteiger partial charge is 0.304 e. The van der Waals surface area contributed by atoms with Gasteiger partial charge in [0.15, 0.2) is 0 Å². The number of hydrogen-bond donors (Lipinski definition) is 1. The fourth-order valence-electron chi connectivity index (χ4n) is 2.47. The lowest BCUT2D eigenvalue weighted by molar-refractivity contribution is -0.138. The third kappa shape index (κ3) is 4.61. The van der Waals surface area contributed by atoms with E-state index in [2.05, 4.69) is 23.8 Å². The minimum atomic E-state index is -0.722. The number of carbonyl (C=O) groups is 1. The maximum absolute atomic E-state index is 10.9. The molecule has 1 fully saturated rings. The Balaban J connectivity index is 2.69. The summed E-state index contributed by atoms with van der Waals surface area (Å²) in [6.45, 7) is 5.48. The van der Waals surface area contributed by atoms with Crippen molar-refractivity contribution in [2.24, 2.45) is 0 Å². The molecule has 0 aromatic rings. The van der Waals surface area contributed by atoms with Crippen molar-refractivity contribution in [3.8, 4) is 0 Å². The Bertz CT molecular complexity index is 248. The maximum atomic E-state index is 10.9. The van der Waals surface area contributed by atoms with Gasteiger partial charge in [0.25, 0.3) is 0 Å². The Morgan fingerprint density at radius 2 is 2.24 bits per heavy atom. The first kappa shape index (κ1) is 14.4. The van der Waals surface area contributed by atoms with E-state index < -0.39 is 5.97 Å². The van der Waals surface area contributed by atoms with Crippen LogP contribution in [0.1, 0.15) is 19.8 Å². The predicted molar refractivity (Wildman–Crippen MR) is 66.2 cm³/mol. The van der Waals surface area contributed by atoms with E-state index in [1.165, 1.54) is 0 Å². The van der Waals surface area contributed by atoms with Crippen LogP contribution in [0.5, 0.6) is 0 Å². The molecule has 2 unspecified atom stereocenters. The largest absolute Gasteiger partial charge is 0.481 e. The Kier molecular flexibility index (Phi) is 5.88. The standard InChI is InChI=1S/C12H24N2O3/c1-10-4-5-13(2)9-11(8-12(15)16)14(10)6-7-17-3/h10-11H,4-9H2,1-3H3,(H,15,16). The van der Waals surface area contributed by atoms with Crippen molar-refractivity contribution in [3.05, 3.63) is 0 Å². The highest BCUT2D eigenvalue weighted by molar-refractivity contribution is 5.67. The summed E-state index contributed by atoms with van der Waals surface area (Å²) in [4.78, 5) is 15.4. The number of likely N-dealkylation sites (N-methyl/N-ethyl adjacent to an activating group) is 1. The van der Waals surface area contributed by atoms with Gasteiger partial charge in [-0.05, 0) is 26.9 Å². The van der Waals surface area contributed by atoms with E-state index in [1.54, 1.807) is 7.11 Å². The van der Waals surface area contributed by atoms with Crippen LogP contribution in [0, 0.1) is 0 Å². The first-order valence-electron chi connectivity index (χ1n) is 6.19. The van der Waals surface area contributed by atoms with Crippen LogP contribution in [-0.2, 0) is 9.53 Å². The Morgan fingerprint density at radius 3 is 2.82 bits per heavy atom. The third-order valence-electron chi connectivity index (χ3n) is 3.45. The normalized spacial score (nSPS) is 27.9. The summed E-state index contributed by atoms with van der Waals surface area (Å²) in [5.74, 6) is -0.722. The first-order chi connectivity index (χ1) is 8.04. The van der Waals surface area contributed by atoms with Crippen molar-refractivity contribution in [2.45, 2.75) is 31.8 Å². The molecule has 17 heavy (non-hydrogen) atoms. The summed E-state index contributed by atoms with van der Waals surface area (Å²) in [6, 6.07) is 0.504. The van der Waals surface area contributed by atoms with Gasteiger partial charge in [-0.2, -0.15) is 0 Å². The predicted octanol–water partition coefficient (Wildman–Crippen LogP) is 0.502. The Hall–Kier alpha value is -0.650. The van der Waals surface area contributed by atoms with Gasteiger partial charge in [0, 0.05) is 32.3 Å². The lowest BCUT2D eigenvalue weighted by Gasteiger charge is -2.33. The number of ether oxygens (including phenoxy) is 1. The number of carboxylic acid groups (broad SMARTS) is 1. The molecule has 1 heterocycles. The van der Waals surface area contributed by atoms with Crippen molar-refractivity contribution < 1.29 is 14.6 Å². The zero-order valence-corrected chi connectivity index (χ0v) is 11.1. The second-order valence-electron chi connectivity index (χ2n) is 4.88. The molecule has 0 amide bonds. The van der Waals surface area contributed by atoms with Crippen molar-refractivity contribution >= 4 is 5.97 Å². The van der Waals surface area contributed by atoms with Crippen molar-refractivity contribution in [3.63, 3.8) is 0 Å². The molecule has 100 valence electrons. The van der Waals surface area contributed by atoms with Gasteiger partial charge in [-0.15, -0.1) is 0 Å². The van der Waals surface area contributed by atoms with Crippen LogP contribution in [0.4, 0.5) is 0 Å². The van der Waals surface area contributed by atoms with Crippen LogP contribution in [0.25, 0.3) is 0 Å². The fraction of sp³-hybridized carbons (Fsp3) is 0.917. The minimum Gasteiger partial charge on any atom is -0.481 e. The van der Waals surface area contributed by atoms with Crippen LogP contribution in [0.15, 0.2) is 0 Å². The number of methoxy groups -OCH3 is 1. The van der Waals surface area contributed by atoms with Gasteiger partial charge in [0.05, 0.1) is 13.0 Å². The second kappa shape index (κ2) is 6.93. The van der Waals surface area contributed by atoms with E-state index in [0.29, 0.717) is 12.6 Å². The highest BCUT2D eigenvalue weighted by Gasteiger charge is 2.29. The molecule has 0 aromatic heterocycles. The molecule has 2 atom stereocenters. The SMILES string of the molecule is COCCN1C(C)CCN(C)CC1CC(=O)O. The molecular weight excluding hydrogens is 220 g/mol. The lowest BCUT2D eigenvalue weighted by Crippen LogP contribution is -2.46. The molecule has 5 nitrogen and oxygen atoms in total. The summed E-state index contributed by atoms with van der Waals surface area (Å²) in [5.41, 5.74) is 0. The van der Waals surface area contributed by atoms with Gasteiger partial charge in [0.2, 0.25) is 0 Å². The Labute approximate surface area is 103 Å². The monoisotopic (exact) mass is 244 g/mol. The second-order valence-corrected chi connectivity index (χ2v) is 4.88. The van der Waals surface area contributed by atoms with Gasteiger partial charge >= 0.3 is 5.97 Å². The fourth-order valence-corrected chi connectivity index (χ4v) is 2.47. The third-order valence-corrected chi connectivity index (χ3v) is 3.45. The van der Waals surface area contributed by atoms with Crippen LogP contribution in [0.2, 0.25) is 0 Å². The number of aliphatic carboxylic acids is 1. The molecule has 5 heteroatoms. The van der Waals surface area contributed by atoms with Gasteiger partial charge in [-0.3, -0.25) is 9.69 Å². The molecule has 0 radical (unpaired) electrons. The minimum absolute atomic E-state index is 0.0881. The summed E-state index contributed by atoms with van der Waals surface area (Å²) in [7, 11) is 3.74. The van der Waals surface area contributed by atoms with Crippen LogP contribution in [-0.4, -0.2) is 73.4 Å². The number of carboxylic acids is 1. The van der Waals surface area contributed by atoms with Gasteiger partial charge in [-0.1, -0.05) is 0 Å². The molecule has 1 rings (SSSR count). The zero-order valence-electron chi connectivity index (χ0n) is 11.1. The van der Waals surface area contributed by atoms with E-state index in [-0.39, 0.29) is 12.5 Å². The van der Waals surface area contributed by atoms with E-state index in [9.17, 15) is 4.79 Å². The van der Waals surface area contributed by atoms with Crippen molar-refractivity contribution in [2.75, 3.05) is 40.4 Å². The van der Waals surface area contributed by atoms with E-state index >= 15 is 0 Å². The highest BCUT2D eigenvalue weighted by atomic mass is 16.5. The van der Waals surface area contributed by atoms with E-state index in [1.807, 2.05) is 0 Å². The lowest BCUT2D eigenvalue weighted by atomic mass is 10.1. The van der Waals surface area contributed by atoms with Crippen molar-refractivity contribution in [1.82, 2.24) is 9.80 Å². The summed E-state index contributed by atoms with van der Waals surface area (Å²) < 4.78 is 5.11. The summed E-state index contributed by atoms with van der Waals surface area (Å²) >= 11 is 0. The molecule has 1 N–H and O–H groups in total. The van der Waals surface area contributed by atoms with Crippen LogP contribution < -0.4 is 0 Å². The van der Waals surface area contributed by atoms with Gasteiger partial charge in [0.1, 0.15) is 0 Å². The topological polar surface area (TPSA) is 53.0 Å². The first-order valence-corrected chi connectivity index (χ1v) is 6.19. The maximum Gasteiger partial charge on any atom is 0.304 e. The molecule has 0 bridgehead atoms.